The van der Waals surface area contributed by atoms with Gasteiger partial charge in [-0.05, 0) is 32.6 Å². The molecule has 0 bridgehead atoms. The van der Waals surface area contributed by atoms with Crippen molar-refractivity contribution in [1.29, 1.82) is 0 Å². The summed E-state index contributed by atoms with van der Waals surface area (Å²) < 4.78 is 5.58. The number of hydrogen-bond donors (Lipinski definition) is 1. The predicted molar refractivity (Wildman–Crippen MR) is 73.5 cm³/mol. The molecule has 20 heavy (non-hydrogen) atoms. The number of aliphatic carboxylic acids is 1. The first-order valence-corrected chi connectivity index (χ1v) is 7.50. The summed E-state index contributed by atoms with van der Waals surface area (Å²) in [7, 11) is 0. The molecule has 0 aromatic rings. The number of carboxylic acids is 1. The SMILES string of the molecule is CCOC1CCN(C(=O)N2CCC[C@H](C(=O)O)C2)CC1. The highest BCUT2D eigenvalue weighted by Crippen LogP contribution is 2.20. The Balaban J connectivity index is 1.84. The van der Waals surface area contributed by atoms with E-state index >= 15 is 0 Å². The monoisotopic (exact) mass is 284 g/mol. The van der Waals surface area contributed by atoms with Gasteiger partial charge in [-0.2, -0.15) is 0 Å². The van der Waals surface area contributed by atoms with E-state index in [0.29, 0.717) is 39.2 Å². The zero-order valence-electron chi connectivity index (χ0n) is 12.1. The van der Waals surface area contributed by atoms with Crippen molar-refractivity contribution in [2.45, 2.75) is 38.7 Å². The maximum atomic E-state index is 12.4. The summed E-state index contributed by atoms with van der Waals surface area (Å²) in [4.78, 5) is 27.0. The van der Waals surface area contributed by atoms with Gasteiger partial charge in [0, 0.05) is 32.8 Å². The standard InChI is InChI=1S/C14H24N2O4/c1-2-20-12-5-8-15(9-6-12)14(19)16-7-3-4-11(10-16)13(17)18/h11-12H,2-10H2,1H3,(H,17,18)/t11-/m0/s1. The average Bonchev–Trinajstić information content (AvgIpc) is 2.48. The second-order valence-electron chi connectivity index (χ2n) is 5.55. The molecule has 2 heterocycles. The van der Waals surface area contributed by atoms with Gasteiger partial charge in [0.05, 0.1) is 12.0 Å². The Kier molecular flexibility index (Phi) is 5.23. The van der Waals surface area contributed by atoms with E-state index in [0.717, 1.165) is 19.3 Å². The first-order valence-electron chi connectivity index (χ1n) is 7.50. The lowest BCUT2D eigenvalue weighted by molar-refractivity contribution is -0.143. The molecule has 2 fully saturated rings. The van der Waals surface area contributed by atoms with Crippen LogP contribution in [0, 0.1) is 5.92 Å². The number of nitrogens with zero attached hydrogens (tertiary/aromatic N) is 2. The van der Waals surface area contributed by atoms with E-state index in [1.54, 1.807) is 4.90 Å². The van der Waals surface area contributed by atoms with Crippen molar-refractivity contribution < 1.29 is 19.4 Å². The maximum absolute atomic E-state index is 12.4. The van der Waals surface area contributed by atoms with E-state index in [1.807, 2.05) is 11.8 Å². The molecular weight excluding hydrogens is 260 g/mol. The second-order valence-corrected chi connectivity index (χ2v) is 5.55. The van der Waals surface area contributed by atoms with Gasteiger partial charge < -0.3 is 19.6 Å². The van der Waals surface area contributed by atoms with Crippen molar-refractivity contribution in [3.63, 3.8) is 0 Å². The number of urea groups is 1. The third kappa shape index (κ3) is 3.62. The molecule has 2 aliphatic rings. The zero-order valence-corrected chi connectivity index (χ0v) is 12.1. The van der Waals surface area contributed by atoms with Crippen LogP contribution in [-0.2, 0) is 9.53 Å². The van der Waals surface area contributed by atoms with Crippen molar-refractivity contribution in [3.8, 4) is 0 Å². The van der Waals surface area contributed by atoms with Gasteiger partial charge in [0.2, 0.25) is 0 Å². The average molecular weight is 284 g/mol. The Labute approximate surface area is 119 Å². The Morgan fingerprint density at radius 2 is 1.85 bits per heavy atom. The molecule has 0 aromatic heterocycles. The fraction of sp³-hybridized carbons (Fsp3) is 0.857. The quantitative estimate of drug-likeness (QED) is 0.850. The lowest BCUT2D eigenvalue weighted by Crippen LogP contribution is -2.51. The van der Waals surface area contributed by atoms with Gasteiger partial charge in [-0.1, -0.05) is 0 Å². The lowest BCUT2D eigenvalue weighted by Gasteiger charge is -2.38. The fourth-order valence-corrected chi connectivity index (χ4v) is 3.00. The summed E-state index contributed by atoms with van der Waals surface area (Å²) >= 11 is 0. The maximum Gasteiger partial charge on any atom is 0.320 e. The molecule has 2 aliphatic heterocycles. The first kappa shape index (κ1) is 15.1. The number of amides is 2. The third-order valence-corrected chi connectivity index (χ3v) is 4.16. The number of rotatable bonds is 3. The van der Waals surface area contributed by atoms with Gasteiger partial charge in [0.25, 0.3) is 0 Å². The smallest absolute Gasteiger partial charge is 0.320 e. The Hall–Kier alpha value is -1.30. The van der Waals surface area contributed by atoms with Gasteiger partial charge >= 0.3 is 12.0 Å². The number of hydrogen-bond acceptors (Lipinski definition) is 3. The number of carbonyl (C=O) groups is 2. The van der Waals surface area contributed by atoms with Crippen LogP contribution in [0.25, 0.3) is 0 Å². The third-order valence-electron chi connectivity index (χ3n) is 4.16. The van der Waals surface area contributed by atoms with Crippen molar-refractivity contribution in [1.82, 2.24) is 9.80 Å². The molecule has 114 valence electrons. The van der Waals surface area contributed by atoms with E-state index in [9.17, 15) is 9.59 Å². The molecule has 2 saturated heterocycles. The van der Waals surface area contributed by atoms with Crippen LogP contribution in [0.5, 0.6) is 0 Å². The summed E-state index contributed by atoms with van der Waals surface area (Å²) in [5, 5.41) is 9.07. The fourth-order valence-electron chi connectivity index (χ4n) is 3.00. The highest BCUT2D eigenvalue weighted by atomic mass is 16.5. The Bertz CT molecular complexity index is 353. The summed E-state index contributed by atoms with van der Waals surface area (Å²) in [6, 6.07) is -0.00843. The van der Waals surface area contributed by atoms with Crippen LogP contribution in [0.2, 0.25) is 0 Å². The minimum Gasteiger partial charge on any atom is -0.481 e. The van der Waals surface area contributed by atoms with Crippen LogP contribution >= 0.6 is 0 Å². The minimum atomic E-state index is -0.794. The normalized spacial score (nSPS) is 24.8. The number of piperidine rings is 2. The van der Waals surface area contributed by atoms with Crippen molar-refractivity contribution in [3.05, 3.63) is 0 Å². The molecule has 0 unspecified atom stereocenters. The lowest BCUT2D eigenvalue weighted by atomic mass is 9.98. The molecule has 6 nitrogen and oxygen atoms in total. The van der Waals surface area contributed by atoms with Crippen molar-refractivity contribution in [2.75, 3.05) is 32.8 Å². The van der Waals surface area contributed by atoms with Gasteiger partial charge in [0.1, 0.15) is 0 Å². The molecule has 1 atom stereocenters. The van der Waals surface area contributed by atoms with E-state index in [-0.39, 0.29) is 12.1 Å². The minimum absolute atomic E-state index is 0.00843. The van der Waals surface area contributed by atoms with Gasteiger partial charge in [-0.3, -0.25) is 4.79 Å². The number of likely N-dealkylation sites (tertiary alicyclic amines) is 2. The number of ether oxygens (including phenoxy) is 1. The van der Waals surface area contributed by atoms with Gasteiger partial charge in [-0.15, -0.1) is 0 Å². The van der Waals surface area contributed by atoms with Crippen molar-refractivity contribution >= 4 is 12.0 Å². The number of carboxylic acid groups (broad SMARTS) is 1. The molecule has 1 N–H and O–H groups in total. The Morgan fingerprint density at radius 3 is 2.45 bits per heavy atom. The predicted octanol–water partition coefficient (Wildman–Crippen LogP) is 1.40. The van der Waals surface area contributed by atoms with Crippen LogP contribution in [-0.4, -0.2) is 65.8 Å². The summed E-state index contributed by atoms with van der Waals surface area (Å²) in [5.74, 6) is -1.20. The molecule has 0 spiro atoms. The molecule has 2 amide bonds. The Morgan fingerprint density at radius 1 is 1.15 bits per heavy atom. The highest BCUT2D eigenvalue weighted by molar-refractivity contribution is 5.76. The van der Waals surface area contributed by atoms with E-state index in [2.05, 4.69) is 0 Å². The first-order chi connectivity index (χ1) is 9.61. The molecule has 0 radical (unpaired) electrons. The van der Waals surface area contributed by atoms with Crippen LogP contribution < -0.4 is 0 Å². The topological polar surface area (TPSA) is 70.1 Å². The van der Waals surface area contributed by atoms with Crippen LogP contribution in [0.3, 0.4) is 0 Å². The molecule has 6 heteroatoms. The van der Waals surface area contributed by atoms with Crippen LogP contribution in [0.1, 0.15) is 32.6 Å². The summed E-state index contributed by atoms with van der Waals surface area (Å²) in [6.45, 7) is 5.13. The van der Waals surface area contributed by atoms with Gasteiger partial charge in [-0.25, -0.2) is 4.79 Å². The van der Waals surface area contributed by atoms with E-state index < -0.39 is 11.9 Å². The van der Waals surface area contributed by atoms with Crippen LogP contribution in [0.15, 0.2) is 0 Å². The van der Waals surface area contributed by atoms with E-state index in [4.69, 9.17) is 9.84 Å². The molecule has 0 aliphatic carbocycles. The second kappa shape index (κ2) is 6.92. The van der Waals surface area contributed by atoms with Crippen LogP contribution in [0.4, 0.5) is 4.79 Å². The number of carbonyl (C=O) groups excluding carboxylic acids is 1. The molecule has 0 aromatic carbocycles. The largest absolute Gasteiger partial charge is 0.481 e. The summed E-state index contributed by atoms with van der Waals surface area (Å²) in [6.07, 6.45) is 3.45. The highest BCUT2D eigenvalue weighted by Gasteiger charge is 2.32. The van der Waals surface area contributed by atoms with E-state index in [1.165, 1.54) is 0 Å². The van der Waals surface area contributed by atoms with Gasteiger partial charge in [0.15, 0.2) is 0 Å². The summed E-state index contributed by atoms with van der Waals surface area (Å²) in [5.41, 5.74) is 0. The molecular formula is C14H24N2O4. The zero-order chi connectivity index (χ0) is 14.5. The molecule has 0 saturated carbocycles. The molecule has 2 rings (SSSR count). The van der Waals surface area contributed by atoms with Crippen molar-refractivity contribution in [2.24, 2.45) is 5.92 Å².